The van der Waals surface area contributed by atoms with E-state index in [1.165, 1.54) is 30.3 Å². The second-order valence-electron chi connectivity index (χ2n) is 8.02. The van der Waals surface area contributed by atoms with E-state index in [0.29, 0.717) is 12.0 Å². The van der Waals surface area contributed by atoms with Crippen molar-refractivity contribution in [3.63, 3.8) is 0 Å². The first-order valence-corrected chi connectivity index (χ1v) is 10.4. The van der Waals surface area contributed by atoms with Gasteiger partial charge in [-0.05, 0) is 67.5 Å². The van der Waals surface area contributed by atoms with E-state index >= 15 is 0 Å². The van der Waals surface area contributed by atoms with Crippen LogP contribution >= 0.6 is 0 Å². The Hall–Kier alpha value is -3.15. The summed E-state index contributed by atoms with van der Waals surface area (Å²) in [6, 6.07) is 11.2. The van der Waals surface area contributed by atoms with Gasteiger partial charge in [-0.3, -0.25) is 9.67 Å². The zero-order chi connectivity index (χ0) is 19.6. The van der Waals surface area contributed by atoms with Gasteiger partial charge < -0.3 is 15.6 Å². The molecule has 1 aromatic carbocycles. The molecule has 29 heavy (non-hydrogen) atoms. The molecule has 1 aliphatic heterocycles. The lowest BCUT2D eigenvalue weighted by Gasteiger charge is -2.34. The van der Waals surface area contributed by atoms with Crippen molar-refractivity contribution >= 4 is 23.3 Å². The third kappa shape index (κ3) is 3.88. The van der Waals surface area contributed by atoms with Gasteiger partial charge in [-0.2, -0.15) is 5.10 Å². The maximum Gasteiger partial charge on any atom is 0.0770 e. The molecular weight excluding hydrogens is 360 g/mol. The van der Waals surface area contributed by atoms with Gasteiger partial charge in [-0.25, -0.2) is 0 Å². The van der Waals surface area contributed by atoms with Gasteiger partial charge in [0.1, 0.15) is 0 Å². The third-order valence-corrected chi connectivity index (χ3v) is 6.03. The minimum atomic E-state index is 0.570. The molecule has 2 aromatic heterocycles. The fourth-order valence-electron chi connectivity index (χ4n) is 4.18. The molecule has 148 valence electrons. The summed E-state index contributed by atoms with van der Waals surface area (Å²) in [6.07, 6.45) is 13.9. The number of nitrogens with one attached hydrogen (secondary N) is 2. The number of nitrogens with zero attached hydrogens (tertiary/aromatic N) is 4. The summed E-state index contributed by atoms with van der Waals surface area (Å²) in [5.41, 5.74) is 5.44. The summed E-state index contributed by atoms with van der Waals surface area (Å²) >= 11 is 0. The number of aromatic nitrogens is 3. The van der Waals surface area contributed by atoms with Crippen LogP contribution in [0.1, 0.15) is 48.8 Å². The maximum atomic E-state index is 7.77. The molecule has 3 aromatic rings. The van der Waals surface area contributed by atoms with E-state index in [-0.39, 0.29) is 0 Å². The SMILES string of the molecule is N=Cc1ccc(N2CCC(c3ccncc3)CC2)cc1Nc1cnn(C2CC2)c1. The first-order valence-electron chi connectivity index (χ1n) is 10.4. The van der Waals surface area contributed by atoms with E-state index in [1.54, 1.807) is 0 Å². The molecule has 1 saturated carbocycles. The van der Waals surface area contributed by atoms with E-state index < -0.39 is 0 Å². The van der Waals surface area contributed by atoms with Gasteiger partial charge in [0.25, 0.3) is 0 Å². The van der Waals surface area contributed by atoms with Crippen molar-refractivity contribution in [3.8, 4) is 0 Å². The number of rotatable bonds is 6. The molecule has 0 amide bonds. The highest BCUT2D eigenvalue weighted by Crippen LogP contribution is 2.36. The zero-order valence-corrected chi connectivity index (χ0v) is 16.5. The van der Waals surface area contributed by atoms with Crippen LogP contribution < -0.4 is 10.2 Å². The highest BCUT2D eigenvalue weighted by Gasteiger charge is 2.24. The van der Waals surface area contributed by atoms with Crippen molar-refractivity contribution in [2.45, 2.75) is 37.6 Å². The van der Waals surface area contributed by atoms with Gasteiger partial charge in [-0.1, -0.05) is 0 Å². The lowest BCUT2D eigenvalue weighted by molar-refractivity contribution is 0.505. The first-order chi connectivity index (χ1) is 14.3. The monoisotopic (exact) mass is 386 g/mol. The second kappa shape index (κ2) is 7.70. The van der Waals surface area contributed by atoms with Crippen LogP contribution in [-0.2, 0) is 0 Å². The molecule has 2 N–H and O–H groups in total. The van der Waals surface area contributed by atoms with Crippen LogP contribution in [0.4, 0.5) is 17.1 Å². The molecule has 1 saturated heterocycles. The van der Waals surface area contributed by atoms with Crippen LogP contribution in [0.5, 0.6) is 0 Å². The smallest absolute Gasteiger partial charge is 0.0770 e. The summed E-state index contributed by atoms with van der Waals surface area (Å²) in [7, 11) is 0. The van der Waals surface area contributed by atoms with Crippen molar-refractivity contribution in [2.24, 2.45) is 0 Å². The highest BCUT2D eigenvalue weighted by atomic mass is 15.3. The van der Waals surface area contributed by atoms with E-state index in [9.17, 15) is 0 Å². The topological polar surface area (TPSA) is 69.8 Å². The Kier molecular flexibility index (Phi) is 4.76. The molecular formula is C23H26N6. The zero-order valence-electron chi connectivity index (χ0n) is 16.5. The quantitative estimate of drug-likeness (QED) is 0.601. The van der Waals surface area contributed by atoms with Gasteiger partial charge in [0.2, 0.25) is 0 Å². The number of anilines is 3. The predicted molar refractivity (Wildman–Crippen MR) is 117 cm³/mol. The first kappa shape index (κ1) is 17.9. The van der Waals surface area contributed by atoms with Crippen molar-refractivity contribution in [1.82, 2.24) is 14.8 Å². The molecule has 5 rings (SSSR count). The van der Waals surface area contributed by atoms with Crippen LogP contribution in [0.25, 0.3) is 0 Å². The van der Waals surface area contributed by atoms with Gasteiger partial charge in [0, 0.05) is 54.8 Å². The van der Waals surface area contributed by atoms with Crippen LogP contribution in [0.3, 0.4) is 0 Å². The van der Waals surface area contributed by atoms with Crippen molar-refractivity contribution in [1.29, 1.82) is 5.41 Å². The lowest BCUT2D eigenvalue weighted by Crippen LogP contribution is -2.32. The number of benzene rings is 1. The molecule has 2 fully saturated rings. The van der Waals surface area contributed by atoms with Crippen LogP contribution in [0.15, 0.2) is 55.1 Å². The molecule has 0 atom stereocenters. The van der Waals surface area contributed by atoms with Gasteiger partial charge in [0.05, 0.1) is 17.9 Å². The average Bonchev–Trinajstić information content (AvgIpc) is 3.53. The average molecular weight is 387 g/mol. The molecule has 0 radical (unpaired) electrons. The Bertz CT molecular complexity index is 984. The van der Waals surface area contributed by atoms with E-state index in [1.807, 2.05) is 29.3 Å². The number of piperidine rings is 1. The molecule has 0 unspecified atom stereocenters. The Morgan fingerprint density at radius 1 is 1.03 bits per heavy atom. The fourth-order valence-corrected chi connectivity index (χ4v) is 4.18. The number of hydrogen-bond donors (Lipinski definition) is 2. The van der Waals surface area contributed by atoms with E-state index in [2.05, 4.69) is 50.8 Å². The van der Waals surface area contributed by atoms with Crippen molar-refractivity contribution < 1.29 is 0 Å². The highest BCUT2D eigenvalue weighted by molar-refractivity contribution is 5.89. The van der Waals surface area contributed by atoms with E-state index in [4.69, 9.17) is 5.41 Å². The number of hydrogen-bond acceptors (Lipinski definition) is 5. The van der Waals surface area contributed by atoms with Crippen LogP contribution in [0.2, 0.25) is 0 Å². The maximum absolute atomic E-state index is 7.77. The minimum absolute atomic E-state index is 0.570. The summed E-state index contributed by atoms with van der Waals surface area (Å²) in [6.45, 7) is 2.08. The minimum Gasteiger partial charge on any atom is -0.371 e. The Morgan fingerprint density at radius 2 is 1.83 bits per heavy atom. The van der Waals surface area contributed by atoms with Crippen molar-refractivity contribution in [2.75, 3.05) is 23.3 Å². The van der Waals surface area contributed by atoms with Gasteiger partial charge in [0.15, 0.2) is 0 Å². The second-order valence-corrected chi connectivity index (χ2v) is 8.02. The molecule has 2 aliphatic rings. The normalized spacial score (nSPS) is 17.3. The molecule has 3 heterocycles. The fraction of sp³-hybridized carbons (Fsp3) is 0.348. The van der Waals surface area contributed by atoms with Crippen LogP contribution in [0, 0.1) is 5.41 Å². The number of pyridine rings is 1. The van der Waals surface area contributed by atoms with Gasteiger partial charge in [-0.15, -0.1) is 0 Å². The largest absolute Gasteiger partial charge is 0.371 e. The molecule has 6 nitrogen and oxygen atoms in total. The standard InChI is InChI=1S/C23H26N6/c24-14-19-1-2-22(13-23(19)27-20-15-26-29(16-20)21-3-4-21)28-11-7-18(8-12-28)17-5-9-25-10-6-17/h1-2,5-6,9-10,13-16,18,21,24,27H,3-4,7-8,11-12H2. The summed E-state index contributed by atoms with van der Waals surface area (Å²) in [4.78, 5) is 6.58. The summed E-state index contributed by atoms with van der Waals surface area (Å²) < 4.78 is 2.04. The molecule has 0 spiro atoms. The van der Waals surface area contributed by atoms with E-state index in [0.717, 1.165) is 42.9 Å². The molecule has 0 bridgehead atoms. The lowest BCUT2D eigenvalue weighted by atomic mass is 9.90. The summed E-state index contributed by atoms with van der Waals surface area (Å²) in [5.74, 6) is 0.612. The predicted octanol–water partition coefficient (Wildman–Crippen LogP) is 4.74. The Balaban J connectivity index is 1.30. The summed E-state index contributed by atoms with van der Waals surface area (Å²) in [5, 5.41) is 15.7. The Labute approximate surface area is 171 Å². The Morgan fingerprint density at radius 3 is 2.55 bits per heavy atom. The third-order valence-electron chi connectivity index (χ3n) is 6.03. The molecule has 1 aliphatic carbocycles. The van der Waals surface area contributed by atoms with Crippen molar-refractivity contribution in [3.05, 3.63) is 66.2 Å². The molecule has 6 heteroatoms. The van der Waals surface area contributed by atoms with Crippen LogP contribution in [-0.4, -0.2) is 34.1 Å². The van der Waals surface area contributed by atoms with Gasteiger partial charge >= 0.3 is 0 Å².